The summed E-state index contributed by atoms with van der Waals surface area (Å²) >= 11 is 0. The molecule has 0 N–H and O–H groups in total. The molecule has 3 heteroatoms. The van der Waals surface area contributed by atoms with E-state index in [4.69, 9.17) is 4.42 Å². The third kappa shape index (κ3) is 3.97. The van der Waals surface area contributed by atoms with Gasteiger partial charge in [0.25, 0.3) is 0 Å². The van der Waals surface area contributed by atoms with E-state index in [1.165, 1.54) is 66.0 Å². The molecule has 0 saturated carbocycles. The number of fused-ring (bicyclic) bond motifs is 15. The van der Waals surface area contributed by atoms with Crippen molar-refractivity contribution in [1.29, 1.82) is 0 Å². The lowest BCUT2D eigenvalue weighted by molar-refractivity contribution is 0.671. The lowest BCUT2D eigenvalue weighted by atomic mass is 9.67. The maximum atomic E-state index is 7.14. The molecule has 12 aromatic rings. The van der Waals surface area contributed by atoms with Crippen LogP contribution >= 0.6 is 0 Å². The minimum Gasteiger partial charge on any atom is -0.454 e. The Labute approximate surface area is 334 Å². The van der Waals surface area contributed by atoms with E-state index in [1.807, 2.05) is 0 Å². The summed E-state index contributed by atoms with van der Waals surface area (Å²) in [5.74, 6) is 0. The highest BCUT2D eigenvalue weighted by Crippen LogP contribution is 2.57. The molecule has 0 unspecified atom stereocenters. The Balaban J connectivity index is 1.23. The van der Waals surface area contributed by atoms with Crippen LogP contribution in [0.2, 0.25) is 0 Å². The Kier molecular flexibility index (Phi) is 6.37. The fourth-order valence-corrected chi connectivity index (χ4v) is 10.6. The smallest absolute Gasteiger partial charge is 0.162 e. The van der Waals surface area contributed by atoms with E-state index in [2.05, 4.69) is 215 Å². The Morgan fingerprint density at radius 3 is 1.57 bits per heavy atom. The van der Waals surface area contributed by atoms with Gasteiger partial charge >= 0.3 is 0 Å². The lowest BCUT2D eigenvalue weighted by Gasteiger charge is -2.34. The number of hydrogen-bond acceptors (Lipinski definition) is 1. The summed E-state index contributed by atoms with van der Waals surface area (Å²) in [4.78, 5) is 0. The molecule has 0 fully saturated rings. The molecule has 0 radical (unpaired) electrons. The zero-order chi connectivity index (χ0) is 38.0. The number of hydrogen-bond donors (Lipinski definition) is 0. The van der Waals surface area contributed by atoms with Crippen LogP contribution in [0.1, 0.15) is 22.3 Å². The monoisotopic (exact) mass is 738 g/mol. The van der Waals surface area contributed by atoms with Crippen LogP contribution in [-0.4, -0.2) is 9.13 Å². The van der Waals surface area contributed by atoms with Crippen molar-refractivity contribution in [3.63, 3.8) is 0 Å². The zero-order valence-electron chi connectivity index (χ0n) is 31.4. The minimum atomic E-state index is -0.520. The SMILES string of the molecule is c1ccc(-n2c3ccccc3c3c4c5ccccc5n(-c5ccc6c(c5)C(c5ccccc5)(c5ccccc5)c5ccccc5-6)c4c4oc5ccccc5c4c32)cc1. The highest BCUT2D eigenvalue weighted by molar-refractivity contribution is 6.39. The first-order valence-electron chi connectivity index (χ1n) is 20.0. The summed E-state index contributed by atoms with van der Waals surface area (Å²) in [5, 5.41) is 7.08. The van der Waals surface area contributed by atoms with Gasteiger partial charge in [-0.1, -0.05) is 164 Å². The summed E-state index contributed by atoms with van der Waals surface area (Å²) in [6.07, 6.45) is 0. The number of para-hydroxylation sites is 4. The van der Waals surface area contributed by atoms with E-state index < -0.39 is 5.41 Å². The third-order valence-electron chi connectivity index (χ3n) is 12.8. The summed E-state index contributed by atoms with van der Waals surface area (Å²) < 4.78 is 12.1. The molecule has 1 aliphatic carbocycles. The summed E-state index contributed by atoms with van der Waals surface area (Å²) in [7, 11) is 0. The van der Waals surface area contributed by atoms with Crippen LogP contribution in [-0.2, 0) is 5.41 Å². The molecule has 3 heterocycles. The molecule has 0 saturated heterocycles. The Morgan fingerprint density at radius 1 is 0.362 bits per heavy atom. The second-order valence-electron chi connectivity index (χ2n) is 15.5. The van der Waals surface area contributed by atoms with Crippen molar-refractivity contribution in [1.82, 2.24) is 9.13 Å². The highest BCUT2D eigenvalue weighted by atomic mass is 16.3. The summed E-state index contributed by atoms with van der Waals surface area (Å²) in [6, 6.07) is 75.3. The van der Waals surface area contributed by atoms with Crippen LogP contribution < -0.4 is 0 Å². The lowest BCUT2D eigenvalue weighted by Crippen LogP contribution is -2.28. The molecular weight excluding hydrogens is 705 g/mol. The van der Waals surface area contributed by atoms with Crippen molar-refractivity contribution in [3.8, 4) is 22.5 Å². The predicted octanol–water partition coefficient (Wildman–Crippen LogP) is 14.1. The molecule has 1 aliphatic rings. The second-order valence-corrected chi connectivity index (χ2v) is 15.5. The molecule has 9 aromatic carbocycles. The minimum absolute atomic E-state index is 0.520. The molecule has 0 bridgehead atoms. The Morgan fingerprint density at radius 2 is 0.879 bits per heavy atom. The van der Waals surface area contributed by atoms with Crippen LogP contribution in [0.25, 0.3) is 88.1 Å². The first kappa shape index (κ1) is 31.6. The van der Waals surface area contributed by atoms with Gasteiger partial charge < -0.3 is 13.6 Å². The standard InChI is InChI=1S/C55H34N2O/c1-4-18-35(19-5-1)55(36-20-6-2-7-21-36)44-28-14-10-24-39(44)40-33-32-38(34-45(40)55)57-47-30-16-12-26-42(47)50-49-41-25-11-15-29-46(41)56(37-22-8-3-9-23-37)52(49)51-43-27-13-17-31-48(43)58-54(51)53(50)57/h1-34H. The number of rotatable bonds is 4. The molecule has 3 aromatic heterocycles. The molecule has 58 heavy (non-hydrogen) atoms. The van der Waals surface area contributed by atoms with E-state index in [0.717, 1.165) is 44.3 Å². The predicted molar refractivity (Wildman–Crippen MR) is 240 cm³/mol. The van der Waals surface area contributed by atoms with Crippen molar-refractivity contribution < 1.29 is 4.42 Å². The average molecular weight is 739 g/mol. The van der Waals surface area contributed by atoms with E-state index in [1.54, 1.807) is 0 Å². The second kappa shape index (κ2) is 11.7. The van der Waals surface area contributed by atoms with Crippen LogP contribution in [0.3, 0.4) is 0 Å². The van der Waals surface area contributed by atoms with E-state index in [9.17, 15) is 0 Å². The molecule has 13 rings (SSSR count). The van der Waals surface area contributed by atoms with E-state index in [0.29, 0.717) is 0 Å². The van der Waals surface area contributed by atoms with Crippen molar-refractivity contribution in [2.45, 2.75) is 5.41 Å². The Bertz CT molecular complexity index is 3570. The van der Waals surface area contributed by atoms with Gasteiger partial charge in [-0.3, -0.25) is 0 Å². The largest absolute Gasteiger partial charge is 0.454 e. The highest BCUT2D eigenvalue weighted by Gasteiger charge is 2.46. The maximum Gasteiger partial charge on any atom is 0.162 e. The number of furan rings is 1. The number of benzene rings is 9. The van der Waals surface area contributed by atoms with Gasteiger partial charge in [0, 0.05) is 38.3 Å². The van der Waals surface area contributed by atoms with Gasteiger partial charge in [-0.15, -0.1) is 0 Å². The van der Waals surface area contributed by atoms with Gasteiger partial charge in [-0.05, 0) is 75.8 Å². The van der Waals surface area contributed by atoms with Gasteiger partial charge in [0.05, 0.1) is 32.9 Å². The van der Waals surface area contributed by atoms with Crippen molar-refractivity contribution in [2.24, 2.45) is 0 Å². The molecule has 0 amide bonds. The van der Waals surface area contributed by atoms with Crippen LogP contribution in [0.5, 0.6) is 0 Å². The molecule has 0 atom stereocenters. The van der Waals surface area contributed by atoms with E-state index in [-0.39, 0.29) is 0 Å². The first-order chi connectivity index (χ1) is 28.8. The third-order valence-corrected chi connectivity index (χ3v) is 12.8. The number of aromatic nitrogens is 2. The summed E-state index contributed by atoms with van der Waals surface area (Å²) in [5.41, 5.74) is 15.6. The quantitative estimate of drug-likeness (QED) is 0.176. The fourth-order valence-electron chi connectivity index (χ4n) is 10.6. The molecule has 3 nitrogen and oxygen atoms in total. The molecule has 0 spiro atoms. The van der Waals surface area contributed by atoms with Crippen LogP contribution in [0, 0.1) is 0 Å². The molecular formula is C55H34N2O. The summed E-state index contributed by atoms with van der Waals surface area (Å²) in [6.45, 7) is 0. The molecule has 0 aliphatic heterocycles. The van der Waals surface area contributed by atoms with Crippen LogP contribution in [0.4, 0.5) is 0 Å². The topological polar surface area (TPSA) is 23.0 Å². The fraction of sp³-hybridized carbons (Fsp3) is 0.0182. The van der Waals surface area contributed by atoms with Crippen LogP contribution in [0.15, 0.2) is 211 Å². The zero-order valence-corrected chi connectivity index (χ0v) is 31.4. The van der Waals surface area contributed by atoms with Crippen molar-refractivity contribution >= 4 is 65.6 Å². The van der Waals surface area contributed by atoms with Crippen molar-refractivity contribution in [3.05, 3.63) is 229 Å². The van der Waals surface area contributed by atoms with Crippen molar-refractivity contribution in [2.75, 3.05) is 0 Å². The normalized spacial score (nSPS) is 13.3. The molecule has 270 valence electrons. The average Bonchev–Trinajstić information content (AvgIpc) is 4.03. The van der Waals surface area contributed by atoms with Gasteiger partial charge in [-0.25, -0.2) is 0 Å². The van der Waals surface area contributed by atoms with Gasteiger partial charge in [0.1, 0.15) is 5.58 Å². The Hall–Kier alpha value is -7.62. The van der Waals surface area contributed by atoms with Gasteiger partial charge in [0.15, 0.2) is 5.58 Å². The van der Waals surface area contributed by atoms with E-state index >= 15 is 0 Å². The maximum absolute atomic E-state index is 7.14. The van der Waals surface area contributed by atoms with Gasteiger partial charge in [-0.2, -0.15) is 0 Å². The first-order valence-corrected chi connectivity index (χ1v) is 20.0. The number of nitrogens with zero attached hydrogens (tertiary/aromatic N) is 2. The van der Waals surface area contributed by atoms with Gasteiger partial charge in [0.2, 0.25) is 0 Å².